The number of amides is 1. The fourth-order valence-corrected chi connectivity index (χ4v) is 6.76. The molecule has 0 bridgehead atoms. The number of hydrogen-bond donors (Lipinski definition) is 0. The zero-order valence-electron chi connectivity index (χ0n) is 21.7. The number of fused-ring (bicyclic) bond motifs is 1. The molecular formula is C27H34N6O3S. The molecule has 0 N–H and O–H groups in total. The predicted octanol–water partition coefficient (Wildman–Crippen LogP) is 2.75. The van der Waals surface area contributed by atoms with Gasteiger partial charge in [0.2, 0.25) is 15.9 Å². The Morgan fingerprint density at radius 3 is 2.35 bits per heavy atom. The number of nitrogens with zero attached hydrogens (tertiary/aromatic N) is 6. The van der Waals surface area contributed by atoms with Crippen LogP contribution < -0.4 is 9.80 Å². The minimum Gasteiger partial charge on any atom is -0.378 e. The second-order valence-corrected chi connectivity index (χ2v) is 12.0. The van der Waals surface area contributed by atoms with Crippen molar-refractivity contribution in [1.82, 2.24) is 19.2 Å². The molecule has 3 heterocycles. The van der Waals surface area contributed by atoms with Gasteiger partial charge in [0.05, 0.1) is 16.3 Å². The van der Waals surface area contributed by atoms with Crippen molar-refractivity contribution in [2.24, 2.45) is 5.92 Å². The van der Waals surface area contributed by atoms with Crippen molar-refractivity contribution in [2.75, 3.05) is 63.2 Å². The summed E-state index contributed by atoms with van der Waals surface area (Å²) in [5.41, 5.74) is 1.86. The molecule has 0 saturated carbocycles. The zero-order valence-corrected chi connectivity index (χ0v) is 22.5. The molecule has 2 fully saturated rings. The molecule has 1 aromatic heterocycles. The van der Waals surface area contributed by atoms with Gasteiger partial charge in [-0.25, -0.2) is 18.4 Å². The molecule has 37 heavy (non-hydrogen) atoms. The molecular weight excluding hydrogens is 488 g/mol. The third-order valence-corrected chi connectivity index (χ3v) is 9.19. The number of para-hydroxylation sites is 1. The Hall–Kier alpha value is -3.24. The van der Waals surface area contributed by atoms with Crippen LogP contribution >= 0.6 is 0 Å². The SMILES string of the molecule is Cc1nc(N2CCN(C(=O)C3CCCN(S(=O)(=O)c4ccc(N(C)C)cc4)C3)CC2)c2ccccc2n1. The van der Waals surface area contributed by atoms with Crippen molar-refractivity contribution in [3.8, 4) is 0 Å². The van der Waals surface area contributed by atoms with E-state index in [1.165, 1.54) is 4.31 Å². The van der Waals surface area contributed by atoms with Gasteiger partial charge in [0.15, 0.2) is 0 Å². The molecule has 0 radical (unpaired) electrons. The normalized spacial score (nSPS) is 19.3. The van der Waals surface area contributed by atoms with E-state index in [9.17, 15) is 13.2 Å². The van der Waals surface area contributed by atoms with Crippen LogP contribution in [0.25, 0.3) is 10.9 Å². The second kappa shape index (κ2) is 10.3. The van der Waals surface area contributed by atoms with E-state index in [2.05, 4.69) is 9.88 Å². The zero-order chi connectivity index (χ0) is 26.2. The number of piperazine rings is 1. The molecule has 2 saturated heterocycles. The summed E-state index contributed by atoms with van der Waals surface area (Å²) in [7, 11) is 0.186. The van der Waals surface area contributed by atoms with E-state index in [0.29, 0.717) is 45.6 Å². The van der Waals surface area contributed by atoms with Gasteiger partial charge in [0, 0.05) is 64.4 Å². The average Bonchev–Trinajstić information content (AvgIpc) is 2.92. The first-order valence-electron chi connectivity index (χ1n) is 12.8. The summed E-state index contributed by atoms with van der Waals surface area (Å²) in [6.45, 7) is 5.10. The molecule has 5 rings (SSSR count). The number of aryl methyl sites for hydroxylation is 1. The van der Waals surface area contributed by atoms with Gasteiger partial charge in [0.25, 0.3) is 0 Å². The van der Waals surface area contributed by atoms with E-state index in [1.54, 1.807) is 24.3 Å². The van der Waals surface area contributed by atoms with Crippen LogP contribution in [0, 0.1) is 12.8 Å². The number of piperidine rings is 1. The second-order valence-electron chi connectivity index (χ2n) is 10.0. The van der Waals surface area contributed by atoms with Gasteiger partial charge in [-0.05, 0) is 56.2 Å². The largest absolute Gasteiger partial charge is 0.378 e. The number of hydrogen-bond acceptors (Lipinski definition) is 7. The highest BCUT2D eigenvalue weighted by atomic mass is 32.2. The summed E-state index contributed by atoms with van der Waals surface area (Å²) < 4.78 is 28.1. The number of aromatic nitrogens is 2. The Balaban J connectivity index is 1.24. The van der Waals surface area contributed by atoms with Crippen molar-refractivity contribution in [1.29, 1.82) is 0 Å². The third kappa shape index (κ3) is 5.13. The lowest BCUT2D eigenvalue weighted by Crippen LogP contribution is -2.53. The summed E-state index contributed by atoms with van der Waals surface area (Å²) in [6.07, 6.45) is 1.39. The summed E-state index contributed by atoms with van der Waals surface area (Å²) >= 11 is 0. The number of sulfonamides is 1. The van der Waals surface area contributed by atoms with E-state index in [-0.39, 0.29) is 23.3 Å². The molecule has 10 heteroatoms. The first-order valence-corrected chi connectivity index (χ1v) is 14.2. The van der Waals surface area contributed by atoms with E-state index >= 15 is 0 Å². The Bertz CT molecular complexity index is 1390. The van der Waals surface area contributed by atoms with Gasteiger partial charge in [0.1, 0.15) is 11.6 Å². The lowest BCUT2D eigenvalue weighted by Gasteiger charge is -2.39. The van der Waals surface area contributed by atoms with Crippen LogP contribution in [0.5, 0.6) is 0 Å². The van der Waals surface area contributed by atoms with E-state index in [1.807, 2.05) is 55.1 Å². The van der Waals surface area contributed by atoms with Crippen LogP contribution in [-0.4, -0.2) is 86.9 Å². The Labute approximate surface area is 218 Å². The number of rotatable bonds is 5. The van der Waals surface area contributed by atoms with Gasteiger partial charge < -0.3 is 14.7 Å². The van der Waals surface area contributed by atoms with Crippen molar-refractivity contribution in [3.63, 3.8) is 0 Å². The van der Waals surface area contributed by atoms with Gasteiger partial charge in [-0.1, -0.05) is 12.1 Å². The fraction of sp³-hybridized carbons (Fsp3) is 0.444. The van der Waals surface area contributed by atoms with Crippen LogP contribution in [0.1, 0.15) is 18.7 Å². The maximum atomic E-state index is 13.4. The van der Waals surface area contributed by atoms with Gasteiger partial charge in [-0.15, -0.1) is 0 Å². The first-order chi connectivity index (χ1) is 17.7. The quantitative estimate of drug-likeness (QED) is 0.509. The summed E-state index contributed by atoms with van der Waals surface area (Å²) in [5, 5.41) is 1.01. The lowest BCUT2D eigenvalue weighted by molar-refractivity contribution is -0.137. The lowest BCUT2D eigenvalue weighted by atomic mass is 9.97. The van der Waals surface area contributed by atoms with Gasteiger partial charge in [-0.2, -0.15) is 4.31 Å². The van der Waals surface area contributed by atoms with Crippen molar-refractivity contribution in [2.45, 2.75) is 24.7 Å². The van der Waals surface area contributed by atoms with E-state index in [4.69, 9.17) is 4.98 Å². The smallest absolute Gasteiger partial charge is 0.243 e. The molecule has 3 aromatic rings. The molecule has 1 atom stereocenters. The molecule has 2 aromatic carbocycles. The van der Waals surface area contributed by atoms with Crippen molar-refractivity contribution in [3.05, 3.63) is 54.4 Å². The molecule has 0 spiro atoms. The Morgan fingerprint density at radius 2 is 1.65 bits per heavy atom. The Kier molecular flexibility index (Phi) is 7.04. The number of carbonyl (C=O) groups excluding carboxylic acids is 1. The minimum absolute atomic E-state index is 0.0474. The van der Waals surface area contributed by atoms with Crippen molar-refractivity contribution < 1.29 is 13.2 Å². The van der Waals surface area contributed by atoms with Crippen molar-refractivity contribution >= 4 is 38.3 Å². The highest BCUT2D eigenvalue weighted by Crippen LogP contribution is 2.28. The van der Waals surface area contributed by atoms with Crippen LogP contribution in [0.2, 0.25) is 0 Å². The standard InChI is InChI=1S/C27H34N6O3S/c1-20-28-25-9-5-4-8-24(25)26(29-20)31-15-17-32(18-16-31)27(34)21-7-6-14-33(19-21)37(35,36)23-12-10-22(11-13-23)30(2)3/h4-5,8-13,21H,6-7,14-19H2,1-3H3. The molecule has 2 aliphatic rings. The number of carbonyl (C=O) groups is 1. The molecule has 1 amide bonds. The van der Waals surface area contributed by atoms with Gasteiger partial charge >= 0.3 is 0 Å². The topological polar surface area (TPSA) is 90.0 Å². The first kappa shape index (κ1) is 25.4. The molecule has 1 unspecified atom stereocenters. The monoisotopic (exact) mass is 522 g/mol. The molecule has 0 aliphatic carbocycles. The van der Waals surface area contributed by atoms with Crippen LogP contribution in [-0.2, 0) is 14.8 Å². The van der Waals surface area contributed by atoms with Crippen LogP contribution in [0.15, 0.2) is 53.4 Å². The fourth-order valence-electron chi connectivity index (χ4n) is 5.24. The highest BCUT2D eigenvalue weighted by molar-refractivity contribution is 7.89. The predicted molar refractivity (Wildman–Crippen MR) is 145 cm³/mol. The third-order valence-electron chi connectivity index (χ3n) is 7.31. The summed E-state index contributed by atoms with van der Waals surface area (Å²) in [4.78, 5) is 29.0. The molecule has 196 valence electrons. The van der Waals surface area contributed by atoms with E-state index in [0.717, 1.165) is 28.2 Å². The number of benzene rings is 2. The summed E-state index contributed by atoms with van der Waals surface area (Å²) in [5.74, 6) is 1.36. The highest BCUT2D eigenvalue weighted by Gasteiger charge is 2.36. The van der Waals surface area contributed by atoms with Crippen LogP contribution in [0.3, 0.4) is 0 Å². The maximum Gasteiger partial charge on any atom is 0.243 e. The maximum absolute atomic E-state index is 13.4. The van der Waals surface area contributed by atoms with E-state index < -0.39 is 10.0 Å². The average molecular weight is 523 g/mol. The molecule has 9 nitrogen and oxygen atoms in total. The minimum atomic E-state index is -3.65. The molecule has 2 aliphatic heterocycles. The van der Waals surface area contributed by atoms with Gasteiger partial charge in [-0.3, -0.25) is 4.79 Å². The Morgan fingerprint density at radius 1 is 0.946 bits per heavy atom. The number of anilines is 2. The summed E-state index contributed by atoms with van der Waals surface area (Å²) in [6, 6.07) is 14.9. The van der Waals surface area contributed by atoms with Crippen LogP contribution in [0.4, 0.5) is 11.5 Å².